The van der Waals surface area contributed by atoms with Gasteiger partial charge in [0.1, 0.15) is 5.54 Å². The molecule has 1 N–H and O–H groups in total. The van der Waals surface area contributed by atoms with Crippen molar-refractivity contribution in [3.63, 3.8) is 0 Å². The van der Waals surface area contributed by atoms with Crippen LogP contribution >= 0.6 is 11.8 Å². The van der Waals surface area contributed by atoms with Crippen molar-refractivity contribution in [3.8, 4) is 6.07 Å². The number of hydrogen-bond donors (Lipinski definition) is 1. The number of nitrogens with one attached hydrogen (secondary N) is 1. The second kappa shape index (κ2) is 9.12. The first-order chi connectivity index (χ1) is 10.0. The van der Waals surface area contributed by atoms with E-state index in [1.54, 1.807) is 0 Å². The zero-order valence-corrected chi connectivity index (χ0v) is 14.6. The molecule has 0 saturated carbocycles. The number of benzene rings is 1. The topological polar surface area (TPSA) is 35.8 Å². The summed E-state index contributed by atoms with van der Waals surface area (Å²) in [6.07, 6.45) is 2.90. The summed E-state index contributed by atoms with van der Waals surface area (Å²) in [6.45, 7) is 9.32. The molecule has 116 valence electrons. The molecule has 0 saturated heterocycles. The summed E-state index contributed by atoms with van der Waals surface area (Å²) < 4.78 is 0. The smallest absolute Gasteiger partial charge is 0.106 e. The lowest BCUT2D eigenvalue weighted by Crippen LogP contribution is -2.43. The number of rotatable bonds is 9. The van der Waals surface area contributed by atoms with E-state index in [2.05, 4.69) is 57.3 Å². The molecule has 0 aliphatic heterocycles. The highest BCUT2D eigenvalue weighted by Crippen LogP contribution is 2.21. The summed E-state index contributed by atoms with van der Waals surface area (Å²) in [7, 11) is 0. The third kappa shape index (κ3) is 6.11. The average molecular weight is 305 g/mol. The van der Waals surface area contributed by atoms with E-state index in [0.717, 1.165) is 37.3 Å². The van der Waals surface area contributed by atoms with Gasteiger partial charge in [0.15, 0.2) is 0 Å². The summed E-state index contributed by atoms with van der Waals surface area (Å²) in [6, 6.07) is 9.22. The third-order valence-corrected chi connectivity index (χ3v) is 4.89. The van der Waals surface area contributed by atoms with Gasteiger partial charge in [-0.15, -0.1) is 0 Å². The Morgan fingerprint density at radius 1 is 1.19 bits per heavy atom. The highest BCUT2D eigenvalue weighted by atomic mass is 32.2. The van der Waals surface area contributed by atoms with E-state index in [0.29, 0.717) is 0 Å². The molecule has 0 fully saturated rings. The van der Waals surface area contributed by atoms with Crippen LogP contribution in [0.2, 0.25) is 0 Å². The van der Waals surface area contributed by atoms with Gasteiger partial charge in [0.2, 0.25) is 0 Å². The Morgan fingerprint density at radius 2 is 1.86 bits per heavy atom. The minimum absolute atomic E-state index is 0.324. The fourth-order valence-electron chi connectivity index (χ4n) is 2.72. The van der Waals surface area contributed by atoms with Crippen LogP contribution < -0.4 is 5.32 Å². The van der Waals surface area contributed by atoms with Gasteiger partial charge in [0, 0.05) is 5.75 Å². The first kappa shape index (κ1) is 18.1. The molecule has 0 radical (unpaired) electrons. The van der Waals surface area contributed by atoms with Crippen LogP contribution in [0.15, 0.2) is 18.2 Å². The number of aryl methyl sites for hydroxylation is 2. The van der Waals surface area contributed by atoms with Gasteiger partial charge in [0.25, 0.3) is 0 Å². The summed E-state index contributed by atoms with van der Waals surface area (Å²) >= 11 is 1.97. The molecule has 1 aromatic rings. The van der Waals surface area contributed by atoms with Crippen LogP contribution in [-0.2, 0) is 5.75 Å². The van der Waals surface area contributed by atoms with Gasteiger partial charge in [-0.1, -0.05) is 43.2 Å². The second-order valence-electron chi connectivity index (χ2n) is 5.73. The molecule has 0 aliphatic carbocycles. The Kier molecular flexibility index (Phi) is 7.85. The van der Waals surface area contributed by atoms with E-state index in [4.69, 9.17) is 0 Å². The van der Waals surface area contributed by atoms with Gasteiger partial charge in [-0.25, -0.2) is 0 Å². The molecule has 0 spiro atoms. The molecule has 2 nitrogen and oxygen atoms in total. The Labute approximate surface area is 134 Å². The second-order valence-corrected chi connectivity index (χ2v) is 6.84. The monoisotopic (exact) mass is 304 g/mol. The number of thioether (sulfide) groups is 1. The lowest BCUT2D eigenvalue weighted by molar-refractivity contribution is 0.379. The minimum atomic E-state index is -0.324. The molecule has 3 heteroatoms. The molecule has 0 bridgehead atoms. The van der Waals surface area contributed by atoms with Gasteiger partial charge >= 0.3 is 0 Å². The molecule has 0 amide bonds. The quantitative estimate of drug-likeness (QED) is 0.677. The molecule has 1 atom stereocenters. The predicted octanol–water partition coefficient (Wildman–Crippen LogP) is 4.60. The minimum Gasteiger partial charge on any atom is -0.300 e. The van der Waals surface area contributed by atoms with Crippen molar-refractivity contribution >= 4 is 11.8 Å². The van der Waals surface area contributed by atoms with Gasteiger partial charge in [-0.05, 0) is 51.0 Å². The van der Waals surface area contributed by atoms with Crippen molar-refractivity contribution < 1.29 is 0 Å². The zero-order chi connectivity index (χ0) is 15.7. The Bertz CT molecular complexity index is 458. The highest BCUT2D eigenvalue weighted by Gasteiger charge is 2.25. The average Bonchev–Trinajstić information content (AvgIpc) is 2.45. The molecule has 0 aliphatic rings. The summed E-state index contributed by atoms with van der Waals surface area (Å²) in [5.41, 5.74) is 3.76. The van der Waals surface area contributed by atoms with Crippen LogP contribution in [0.1, 0.15) is 49.8 Å². The van der Waals surface area contributed by atoms with Crippen molar-refractivity contribution in [3.05, 3.63) is 34.9 Å². The van der Waals surface area contributed by atoms with E-state index in [-0.39, 0.29) is 5.54 Å². The van der Waals surface area contributed by atoms with Crippen molar-refractivity contribution in [1.82, 2.24) is 5.32 Å². The van der Waals surface area contributed by atoms with Crippen molar-refractivity contribution in [2.24, 2.45) is 0 Å². The molecular formula is C18H28N2S. The normalized spacial score (nSPS) is 13.7. The molecule has 21 heavy (non-hydrogen) atoms. The number of nitrogens with zero attached hydrogens (tertiary/aromatic N) is 1. The SMILES string of the molecule is CCNC(C#N)(CC)CCCSCc1cc(C)cc(C)c1. The lowest BCUT2D eigenvalue weighted by Gasteiger charge is -2.25. The Morgan fingerprint density at radius 3 is 2.38 bits per heavy atom. The van der Waals surface area contributed by atoms with Crippen molar-refractivity contribution in [2.75, 3.05) is 12.3 Å². The van der Waals surface area contributed by atoms with Crippen LogP contribution in [0.4, 0.5) is 0 Å². The summed E-state index contributed by atoms with van der Waals surface area (Å²) in [5.74, 6) is 2.18. The molecule has 1 rings (SSSR count). The molecular weight excluding hydrogens is 276 g/mol. The van der Waals surface area contributed by atoms with Crippen molar-refractivity contribution in [1.29, 1.82) is 5.26 Å². The molecule has 0 aromatic heterocycles. The Hall–Kier alpha value is -0.980. The fourth-order valence-corrected chi connectivity index (χ4v) is 3.62. The summed E-state index contributed by atoms with van der Waals surface area (Å²) in [4.78, 5) is 0. The van der Waals surface area contributed by atoms with E-state index in [1.165, 1.54) is 16.7 Å². The van der Waals surface area contributed by atoms with Gasteiger partial charge < -0.3 is 0 Å². The first-order valence-corrected chi connectivity index (χ1v) is 9.02. The number of nitriles is 1. The van der Waals surface area contributed by atoms with Crippen LogP contribution in [0.25, 0.3) is 0 Å². The highest BCUT2D eigenvalue weighted by molar-refractivity contribution is 7.98. The maximum atomic E-state index is 9.38. The standard InChI is InChI=1S/C18H28N2S/c1-5-18(14-19,20-6-2)8-7-9-21-13-17-11-15(3)10-16(4)12-17/h10-12,20H,5-9,13H2,1-4H3. The van der Waals surface area contributed by atoms with E-state index < -0.39 is 0 Å². The van der Waals surface area contributed by atoms with Crippen LogP contribution in [0, 0.1) is 25.2 Å². The van der Waals surface area contributed by atoms with E-state index in [1.807, 2.05) is 11.8 Å². The third-order valence-electron chi connectivity index (χ3n) is 3.78. The predicted molar refractivity (Wildman–Crippen MR) is 93.6 cm³/mol. The molecule has 0 heterocycles. The van der Waals surface area contributed by atoms with Crippen LogP contribution in [0.3, 0.4) is 0 Å². The van der Waals surface area contributed by atoms with E-state index in [9.17, 15) is 5.26 Å². The largest absolute Gasteiger partial charge is 0.300 e. The Balaban J connectivity index is 2.35. The van der Waals surface area contributed by atoms with Crippen LogP contribution in [0.5, 0.6) is 0 Å². The maximum absolute atomic E-state index is 9.38. The maximum Gasteiger partial charge on any atom is 0.106 e. The number of hydrogen-bond acceptors (Lipinski definition) is 3. The van der Waals surface area contributed by atoms with Gasteiger partial charge in [-0.2, -0.15) is 17.0 Å². The zero-order valence-electron chi connectivity index (χ0n) is 13.8. The van der Waals surface area contributed by atoms with E-state index >= 15 is 0 Å². The van der Waals surface area contributed by atoms with Gasteiger partial charge in [-0.3, -0.25) is 5.32 Å². The molecule has 1 aromatic carbocycles. The first-order valence-electron chi connectivity index (χ1n) is 7.86. The lowest BCUT2D eigenvalue weighted by atomic mass is 9.92. The van der Waals surface area contributed by atoms with Crippen LogP contribution in [-0.4, -0.2) is 17.8 Å². The van der Waals surface area contributed by atoms with Crippen molar-refractivity contribution in [2.45, 2.75) is 58.2 Å². The fraction of sp³-hybridized carbons (Fsp3) is 0.611. The van der Waals surface area contributed by atoms with Gasteiger partial charge in [0.05, 0.1) is 6.07 Å². The molecule has 1 unspecified atom stereocenters. The summed E-state index contributed by atoms with van der Waals surface area (Å²) in [5, 5.41) is 12.7.